The van der Waals surface area contributed by atoms with E-state index in [-0.39, 0.29) is 11.3 Å². The number of nitrogens with zero attached hydrogens (tertiary/aromatic N) is 2. The topological polar surface area (TPSA) is 64.2 Å². The monoisotopic (exact) mass is 444 g/mol. The molecule has 5 nitrogen and oxygen atoms in total. The van der Waals surface area contributed by atoms with Crippen molar-refractivity contribution in [2.24, 2.45) is 0 Å². The van der Waals surface area contributed by atoms with E-state index in [4.69, 9.17) is 0 Å². The molecule has 0 saturated carbocycles. The third kappa shape index (κ3) is 4.37. The van der Waals surface area contributed by atoms with Crippen LogP contribution in [0.4, 0.5) is 4.39 Å². The van der Waals surface area contributed by atoms with Crippen LogP contribution in [0.5, 0.6) is 0 Å². The molecule has 0 saturated heterocycles. The molecule has 6 heteroatoms. The molecule has 4 rings (SSSR count). The minimum Gasteiger partial charge on any atom is -0.478 e. The van der Waals surface area contributed by atoms with Crippen LogP contribution < -0.4 is 5.69 Å². The lowest BCUT2D eigenvalue weighted by atomic mass is 9.99. The normalized spacial score (nSPS) is 11.0. The number of imidazole rings is 1. The van der Waals surface area contributed by atoms with Gasteiger partial charge in [-0.05, 0) is 41.3 Å². The number of carboxylic acid groups (broad SMARTS) is 1. The van der Waals surface area contributed by atoms with Crippen molar-refractivity contribution in [2.45, 2.75) is 33.0 Å². The van der Waals surface area contributed by atoms with E-state index in [1.54, 1.807) is 41.0 Å². The molecule has 0 unspecified atom stereocenters. The molecule has 0 aliphatic rings. The molecule has 4 aromatic rings. The largest absolute Gasteiger partial charge is 0.478 e. The second-order valence-electron chi connectivity index (χ2n) is 7.86. The van der Waals surface area contributed by atoms with Gasteiger partial charge in [-0.2, -0.15) is 0 Å². The molecule has 168 valence electrons. The van der Waals surface area contributed by atoms with Crippen LogP contribution in [0.25, 0.3) is 16.8 Å². The number of para-hydroxylation sites is 1. The summed E-state index contributed by atoms with van der Waals surface area (Å²) in [5, 5.41) is 9.46. The van der Waals surface area contributed by atoms with Gasteiger partial charge >= 0.3 is 11.7 Å². The predicted molar refractivity (Wildman–Crippen MR) is 127 cm³/mol. The molecule has 0 atom stereocenters. The molecule has 0 spiro atoms. The number of rotatable bonds is 8. The number of aromatic nitrogens is 2. The summed E-state index contributed by atoms with van der Waals surface area (Å²) >= 11 is 0. The Hall–Kier alpha value is -3.93. The lowest BCUT2D eigenvalue weighted by Gasteiger charge is -2.10. The maximum Gasteiger partial charge on any atom is 0.336 e. The molecule has 1 aromatic heterocycles. The average molecular weight is 445 g/mol. The number of hydrogen-bond acceptors (Lipinski definition) is 2. The predicted octanol–water partition coefficient (Wildman–Crippen LogP) is 5.47. The van der Waals surface area contributed by atoms with Gasteiger partial charge in [0.15, 0.2) is 0 Å². The number of halogens is 1. The van der Waals surface area contributed by atoms with E-state index in [1.807, 2.05) is 49.4 Å². The highest BCUT2D eigenvalue weighted by Gasteiger charge is 2.20. The Morgan fingerprint density at radius 1 is 0.909 bits per heavy atom. The fourth-order valence-corrected chi connectivity index (χ4v) is 4.19. The van der Waals surface area contributed by atoms with Crippen LogP contribution >= 0.6 is 0 Å². The lowest BCUT2D eigenvalue weighted by Crippen LogP contribution is -2.25. The van der Waals surface area contributed by atoms with E-state index in [2.05, 4.69) is 0 Å². The van der Waals surface area contributed by atoms with Gasteiger partial charge in [0, 0.05) is 5.69 Å². The summed E-state index contributed by atoms with van der Waals surface area (Å²) in [6.45, 7) is 1.59. The van der Waals surface area contributed by atoms with Crippen LogP contribution in [0.2, 0.25) is 0 Å². The summed E-state index contributed by atoms with van der Waals surface area (Å²) in [4.78, 5) is 24.9. The third-order valence-corrected chi connectivity index (χ3v) is 5.74. The molecule has 1 N–H and O–H groups in total. The summed E-state index contributed by atoms with van der Waals surface area (Å²) in [5.74, 6) is -0.980. The van der Waals surface area contributed by atoms with E-state index in [1.165, 1.54) is 4.57 Å². The van der Waals surface area contributed by atoms with Crippen molar-refractivity contribution in [1.29, 1.82) is 0 Å². The van der Waals surface area contributed by atoms with Crippen LogP contribution in [0.3, 0.4) is 0 Å². The molecule has 0 amide bonds. The van der Waals surface area contributed by atoms with Crippen molar-refractivity contribution in [2.75, 3.05) is 0 Å². The SMILES string of the molecule is CCCc1c(CF)n(-c2ccccc2)c(=O)n1Cc1ccc(-c2ccccc2C(=O)O)cc1. The molecule has 0 fully saturated rings. The molecule has 33 heavy (non-hydrogen) atoms. The van der Waals surface area contributed by atoms with Gasteiger partial charge in [0.2, 0.25) is 0 Å². The van der Waals surface area contributed by atoms with Crippen LogP contribution in [-0.2, 0) is 19.6 Å². The summed E-state index contributed by atoms with van der Waals surface area (Å²) in [6.07, 6.45) is 1.38. The van der Waals surface area contributed by atoms with Crippen LogP contribution in [0.15, 0.2) is 83.7 Å². The molecular weight excluding hydrogens is 419 g/mol. The third-order valence-electron chi connectivity index (χ3n) is 5.74. The molecule has 0 radical (unpaired) electrons. The van der Waals surface area contributed by atoms with Gasteiger partial charge in [0.1, 0.15) is 6.67 Å². The minimum absolute atomic E-state index is 0.235. The minimum atomic E-state index is -0.980. The summed E-state index contributed by atoms with van der Waals surface area (Å²) < 4.78 is 17.2. The second-order valence-corrected chi connectivity index (χ2v) is 7.86. The Balaban J connectivity index is 1.73. The highest BCUT2D eigenvalue weighted by Crippen LogP contribution is 2.25. The highest BCUT2D eigenvalue weighted by molar-refractivity contribution is 5.95. The zero-order valence-corrected chi connectivity index (χ0v) is 18.4. The fourth-order valence-electron chi connectivity index (χ4n) is 4.19. The van der Waals surface area contributed by atoms with Crippen molar-refractivity contribution in [3.05, 3.63) is 112 Å². The van der Waals surface area contributed by atoms with E-state index < -0.39 is 12.6 Å². The van der Waals surface area contributed by atoms with Crippen LogP contribution in [0, 0.1) is 0 Å². The first-order chi connectivity index (χ1) is 16.0. The maximum absolute atomic E-state index is 14.1. The van der Waals surface area contributed by atoms with Gasteiger partial charge in [-0.15, -0.1) is 0 Å². The van der Waals surface area contributed by atoms with Crippen LogP contribution in [-0.4, -0.2) is 20.2 Å². The van der Waals surface area contributed by atoms with Gasteiger partial charge < -0.3 is 5.11 Å². The summed E-state index contributed by atoms with van der Waals surface area (Å²) in [5.41, 5.74) is 4.00. The number of hydrogen-bond donors (Lipinski definition) is 1. The van der Waals surface area contributed by atoms with Gasteiger partial charge in [-0.25, -0.2) is 14.0 Å². The van der Waals surface area contributed by atoms with E-state index in [0.717, 1.165) is 17.5 Å². The quantitative estimate of drug-likeness (QED) is 0.392. The maximum atomic E-state index is 14.1. The first kappa shape index (κ1) is 22.3. The van der Waals surface area contributed by atoms with Gasteiger partial charge in [0.25, 0.3) is 0 Å². The zero-order valence-electron chi connectivity index (χ0n) is 18.4. The molecule has 1 heterocycles. The molecule has 3 aromatic carbocycles. The van der Waals surface area contributed by atoms with E-state index in [9.17, 15) is 19.1 Å². The Morgan fingerprint density at radius 3 is 2.21 bits per heavy atom. The standard InChI is InChI=1S/C27H25FN2O3/c1-2-8-24-25(17-28)30(21-9-4-3-5-10-21)27(33)29(24)18-19-13-15-20(16-14-19)22-11-6-7-12-23(22)26(31)32/h3-7,9-16H,2,8,17-18H2,1H3,(H,31,32). The van der Waals surface area contributed by atoms with Gasteiger partial charge in [-0.3, -0.25) is 9.13 Å². The Bertz CT molecular complexity index is 1320. The first-order valence-electron chi connectivity index (χ1n) is 10.9. The number of alkyl halides is 1. The molecule has 0 aliphatic heterocycles. The number of aromatic carboxylic acids is 1. The van der Waals surface area contributed by atoms with Gasteiger partial charge in [-0.1, -0.05) is 74.0 Å². The summed E-state index contributed by atoms with van der Waals surface area (Å²) in [6, 6.07) is 23.4. The average Bonchev–Trinajstić information content (AvgIpc) is 3.10. The molecular formula is C27H25FN2O3. The fraction of sp³-hybridized carbons (Fsp3) is 0.185. The zero-order chi connectivity index (χ0) is 23.4. The van der Waals surface area contributed by atoms with Crippen LogP contribution in [0.1, 0.15) is 40.7 Å². The van der Waals surface area contributed by atoms with E-state index >= 15 is 0 Å². The van der Waals surface area contributed by atoms with Gasteiger partial charge in [0.05, 0.1) is 23.5 Å². The van der Waals surface area contributed by atoms with Crippen molar-refractivity contribution >= 4 is 5.97 Å². The van der Waals surface area contributed by atoms with Crippen molar-refractivity contribution in [3.63, 3.8) is 0 Å². The smallest absolute Gasteiger partial charge is 0.336 e. The van der Waals surface area contributed by atoms with E-state index in [0.29, 0.717) is 35.6 Å². The molecule has 0 bridgehead atoms. The Morgan fingerprint density at radius 2 is 1.58 bits per heavy atom. The highest BCUT2D eigenvalue weighted by atomic mass is 19.1. The first-order valence-corrected chi connectivity index (χ1v) is 10.9. The van der Waals surface area contributed by atoms with Crippen molar-refractivity contribution in [1.82, 2.24) is 9.13 Å². The Labute approximate surface area is 191 Å². The molecule has 0 aliphatic carbocycles. The number of benzene rings is 3. The lowest BCUT2D eigenvalue weighted by molar-refractivity contribution is 0.0697. The van der Waals surface area contributed by atoms with Crippen molar-refractivity contribution < 1.29 is 14.3 Å². The summed E-state index contributed by atoms with van der Waals surface area (Å²) in [7, 11) is 0. The number of carboxylic acids is 1. The Kier molecular flexibility index (Phi) is 6.54. The number of carbonyl (C=O) groups is 1. The van der Waals surface area contributed by atoms with Crippen molar-refractivity contribution in [3.8, 4) is 16.8 Å². The second kappa shape index (κ2) is 9.69.